The molecule has 0 amide bonds. The molecule has 0 unspecified atom stereocenters. The van der Waals surface area contributed by atoms with Crippen LogP contribution in [0.25, 0.3) is 16.8 Å². The Bertz CT molecular complexity index is 680. The highest BCUT2D eigenvalue weighted by Gasteiger charge is 2.35. The van der Waals surface area contributed by atoms with Crippen molar-refractivity contribution in [2.75, 3.05) is 13.1 Å². The molecular formula is C20H23N. The van der Waals surface area contributed by atoms with E-state index in [1.54, 1.807) is 5.70 Å². The molecule has 5 rings (SSSR count). The second-order valence-corrected chi connectivity index (χ2v) is 6.57. The van der Waals surface area contributed by atoms with Gasteiger partial charge in [0.1, 0.15) is 0 Å². The fourth-order valence-electron chi connectivity index (χ4n) is 4.18. The number of hydrogen-bond donors (Lipinski definition) is 0. The molecule has 1 heteroatoms. The first-order valence-corrected chi connectivity index (χ1v) is 8.28. The Labute approximate surface area is 127 Å². The van der Waals surface area contributed by atoms with E-state index in [0.717, 1.165) is 11.8 Å². The van der Waals surface area contributed by atoms with Crippen molar-refractivity contribution in [3.8, 4) is 0 Å². The lowest BCUT2D eigenvalue weighted by Crippen LogP contribution is -2.45. The van der Waals surface area contributed by atoms with Gasteiger partial charge in [-0.2, -0.15) is 0 Å². The van der Waals surface area contributed by atoms with Crippen molar-refractivity contribution < 1.29 is 0 Å². The van der Waals surface area contributed by atoms with E-state index in [-0.39, 0.29) is 0 Å². The third-order valence-corrected chi connectivity index (χ3v) is 5.44. The van der Waals surface area contributed by atoms with Gasteiger partial charge in [0.2, 0.25) is 0 Å². The van der Waals surface area contributed by atoms with Gasteiger partial charge in [-0.3, -0.25) is 0 Å². The highest BCUT2D eigenvalue weighted by atomic mass is 15.2. The van der Waals surface area contributed by atoms with E-state index >= 15 is 0 Å². The molecule has 2 atom stereocenters. The van der Waals surface area contributed by atoms with Crippen molar-refractivity contribution in [2.24, 2.45) is 11.8 Å². The number of fused-ring (bicyclic) bond motifs is 4. The zero-order chi connectivity index (χ0) is 14.2. The highest BCUT2D eigenvalue weighted by molar-refractivity contribution is 5.90. The summed E-state index contributed by atoms with van der Waals surface area (Å²) in [6.07, 6.45) is 6.45. The molecule has 0 aliphatic carbocycles. The van der Waals surface area contributed by atoms with Crippen LogP contribution in [0.1, 0.15) is 31.7 Å². The summed E-state index contributed by atoms with van der Waals surface area (Å²) in [6, 6.07) is 15.4. The van der Waals surface area contributed by atoms with Crippen molar-refractivity contribution in [3.05, 3.63) is 53.7 Å². The van der Waals surface area contributed by atoms with Gasteiger partial charge in [-0.25, -0.2) is 0 Å². The lowest BCUT2D eigenvalue weighted by atomic mass is 9.76. The van der Waals surface area contributed by atoms with Crippen molar-refractivity contribution in [2.45, 2.75) is 26.2 Å². The molecule has 0 N–H and O–H groups in total. The van der Waals surface area contributed by atoms with Crippen LogP contribution in [0, 0.1) is 11.8 Å². The summed E-state index contributed by atoms with van der Waals surface area (Å²) in [5.41, 5.74) is 2.94. The molecule has 3 aliphatic rings. The minimum absolute atomic E-state index is 0.918. The van der Waals surface area contributed by atoms with Gasteiger partial charge in [-0.15, -0.1) is 0 Å². The lowest BCUT2D eigenvalue weighted by molar-refractivity contribution is 0.0903. The molecule has 3 heterocycles. The number of nitrogens with zero attached hydrogens (tertiary/aromatic N) is 1. The van der Waals surface area contributed by atoms with Gasteiger partial charge in [0.25, 0.3) is 0 Å². The topological polar surface area (TPSA) is 3.24 Å². The number of rotatable bonds is 2. The molecule has 3 saturated heterocycles. The zero-order valence-electron chi connectivity index (χ0n) is 12.8. The predicted octanol–water partition coefficient (Wildman–Crippen LogP) is 4.93. The van der Waals surface area contributed by atoms with Crippen LogP contribution in [-0.2, 0) is 0 Å². The third kappa shape index (κ3) is 2.25. The Hall–Kier alpha value is -1.76. The first kappa shape index (κ1) is 12.9. The van der Waals surface area contributed by atoms with E-state index in [4.69, 9.17) is 0 Å². The summed E-state index contributed by atoms with van der Waals surface area (Å²) in [6.45, 7) is 4.89. The predicted molar refractivity (Wildman–Crippen MR) is 90.0 cm³/mol. The van der Waals surface area contributed by atoms with Crippen LogP contribution < -0.4 is 0 Å². The normalized spacial score (nSPS) is 26.7. The Kier molecular flexibility index (Phi) is 3.21. The minimum Gasteiger partial charge on any atom is -0.374 e. The average Bonchev–Trinajstić information content (AvgIpc) is 2.56. The van der Waals surface area contributed by atoms with E-state index in [1.807, 2.05) is 0 Å². The number of hydrogen-bond acceptors (Lipinski definition) is 1. The highest BCUT2D eigenvalue weighted by Crippen LogP contribution is 2.40. The maximum atomic E-state index is 2.63. The lowest BCUT2D eigenvalue weighted by Gasteiger charge is -2.47. The fraction of sp³-hybridized carbons (Fsp3) is 0.400. The average molecular weight is 277 g/mol. The number of benzene rings is 2. The number of allylic oxidation sites excluding steroid dienone is 1. The maximum Gasteiger partial charge on any atom is 0.0206 e. The van der Waals surface area contributed by atoms with Gasteiger partial charge >= 0.3 is 0 Å². The van der Waals surface area contributed by atoms with Gasteiger partial charge in [0.05, 0.1) is 0 Å². The standard InChI is InChI=1S/C20H23N/c1-2-15-14-21-11-10-17(15)12-19(21)13-18-8-5-7-16-6-3-4-9-20(16)18/h3-9,13,15,17H,2,10-12,14H2,1H3/b19-13-/t15-,17-/m0/s1. The van der Waals surface area contributed by atoms with E-state index in [9.17, 15) is 0 Å². The van der Waals surface area contributed by atoms with Crippen LogP contribution in [0.15, 0.2) is 48.2 Å². The van der Waals surface area contributed by atoms with Crippen LogP contribution >= 0.6 is 0 Å². The molecule has 0 aromatic heterocycles. The Morgan fingerprint density at radius 2 is 2.00 bits per heavy atom. The molecule has 3 aliphatic heterocycles. The van der Waals surface area contributed by atoms with Crippen molar-refractivity contribution in [3.63, 3.8) is 0 Å². The molecule has 3 fully saturated rings. The molecule has 0 radical (unpaired) electrons. The SMILES string of the molecule is CC[C@H]1CN2CC[C@H]1C/C2=C/c1cccc2ccccc12. The van der Waals surface area contributed by atoms with Gasteiger partial charge in [-0.1, -0.05) is 55.8 Å². The number of piperidine rings is 3. The summed E-state index contributed by atoms with van der Waals surface area (Å²) in [4.78, 5) is 2.63. The van der Waals surface area contributed by atoms with Crippen LogP contribution in [0.4, 0.5) is 0 Å². The smallest absolute Gasteiger partial charge is 0.0206 e. The molecule has 0 spiro atoms. The summed E-state index contributed by atoms with van der Waals surface area (Å²) >= 11 is 0. The van der Waals surface area contributed by atoms with E-state index < -0.39 is 0 Å². The first-order chi connectivity index (χ1) is 10.3. The van der Waals surface area contributed by atoms with Gasteiger partial charge in [0.15, 0.2) is 0 Å². The van der Waals surface area contributed by atoms with Gasteiger partial charge < -0.3 is 4.90 Å². The second kappa shape index (κ2) is 5.22. The second-order valence-electron chi connectivity index (χ2n) is 6.57. The summed E-state index contributed by atoms with van der Waals surface area (Å²) < 4.78 is 0. The molecule has 2 aromatic rings. The molecule has 108 valence electrons. The third-order valence-electron chi connectivity index (χ3n) is 5.44. The summed E-state index contributed by atoms with van der Waals surface area (Å²) in [5.74, 6) is 1.84. The van der Waals surface area contributed by atoms with Crippen molar-refractivity contribution in [1.29, 1.82) is 0 Å². The first-order valence-electron chi connectivity index (χ1n) is 8.28. The molecule has 21 heavy (non-hydrogen) atoms. The van der Waals surface area contributed by atoms with Crippen molar-refractivity contribution in [1.82, 2.24) is 4.90 Å². The van der Waals surface area contributed by atoms with E-state index in [2.05, 4.69) is 60.4 Å². The van der Waals surface area contributed by atoms with Crippen molar-refractivity contribution >= 4 is 16.8 Å². The molecule has 0 saturated carbocycles. The molecular weight excluding hydrogens is 254 g/mol. The van der Waals surface area contributed by atoms with Crippen LogP contribution in [0.2, 0.25) is 0 Å². The fourth-order valence-corrected chi connectivity index (χ4v) is 4.18. The summed E-state index contributed by atoms with van der Waals surface area (Å²) in [5, 5.41) is 2.72. The maximum absolute atomic E-state index is 2.63. The van der Waals surface area contributed by atoms with Crippen LogP contribution in [-0.4, -0.2) is 18.0 Å². The largest absolute Gasteiger partial charge is 0.374 e. The molecule has 2 bridgehead atoms. The summed E-state index contributed by atoms with van der Waals surface area (Å²) in [7, 11) is 0. The van der Waals surface area contributed by atoms with Gasteiger partial charge in [0, 0.05) is 18.8 Å². The zero-order valence-corrected chi connectivity index (χ0v) is 12.8. The van der Waals surface area contributed by atoms with Crippen LogP contribution in [0.5, 0.6) is 0 Å². The monoisotopic (exact) mass is 277 g/mol. The van der Waals surface area contributed by atoms with Crippen LogP contribution in [0.3, 0.4) is 0 Å². The minimum atomic E-state index is 0.918. The van der Waals surface area contributed by atoms with Gasteiger partial charge in [-0.05, 0) is 47.1 Å². The van der Waals surface area contributed by atoms with E-state index in [1.165, 1.54) is 48.7 Å². The molecule has 1 nitrogen and oxygen atoms in total. The Morgan fingerprint density at radius 3 is 2.81 bits per heavy atom. The Balaban J connectivity index is 1.71. The molecule has 2 aromatic carbocycles. The quantitative estimate of drug-likeness (QED) is 0.752. The Morgan fingerprint density at radius 1 is 1.14 bits per heavy atom. The van der Waals surface area contributed by atoms with E-state index in [0.29, 0.717) is 0 Å².